The van der Waals surface area contributed by atoms with E-state index >= 15 is 0 Å². The molecule has 0 aromatic carbocycles. The summed E-state index contributed by atoms with van der Waals surface area (Å²) in [4.78, 5) is 11.6. The Labute approximate surface area is 90.5 Å². The molecule has 0 spiro atoms. The molecule has 0 bridgehead atoms. The molecule has 4 heteroatoms. The fourth-order valence-corrected chi connectivity index (χ4v) is 2.76. The SMILES string of the molecule is CC1OCCC1(NC1CCCC1)C(N)=O. The molecule has 1 saturated heterocycles. The highest BCUT2D eigenvalue weighted by Crippen LogP contribution is 2.29. The van der Waals surface area contributed by atoms with Crippen LogP contribution < -0.4 is 11.1 Å². The summed E-state index contributed by atoms with van der Waals surface area (Å²) in [6, 6.07) is 0.446. The van der Waals surface area contributed by atoms with Crippen molar-refractivity contribution in [2.45, 2.75) is 56.7 Å². The summed E-state index contributed by atoms with van der Waals surface area (Å²) in [6.45, 7) is 2.56. The zero-order chi connectivity index (χ0) is 10.9. The summed E-state index contributed by atoms with van der Waals surface area (Å²) in [5.41, 5.74) is 4.90. The Bertz CT molecular complexity index is 251. The smallest absolute Gasteiger partial charge is 0.240 e. The van der Waals surface area contributed by atoms with Gasteiger partial charge in [0.2, 0.25) is 5.91 Å². The van der Waals surface area contributed by atoms with Crippen LogP contribution >= 0.6 is 0 Å². The van der Waals surface area contributed by atoms with Crippen LogP contribution in [-0.4, -0.2) is 30.2 Å². The maximum atomic E-state index is 11.6. The first kappa shape index (κ1) is 10.9. The largest absolute Gasteiger partial charge is 0.376 e. The van der Waals surface area contributed by atoms with Gasteiger partial charge in [0.05, 0.1) is 6.10 Å². The van der Waals surface area contributed by atoms with E-state index in [0.717, 1.165) is 12.8 Å². The lowest BCUT2D eigenvalue weighted by Gasteiger charge is -2.33. The molecule has 2 aliphatic rings. The van der Waals surface area contributed by atoms with Crippen LogP contribution in [0.3, 0.4) is 0 Å². The Morgan fingerprint density at radius 1 is 1.47 bits per heavy atom. The van der Waals surface area contributed by atoms with Crippen LogP contribution in [0, 0.1) is 0 Å². The van der Waals surface area contributed by atoms with E-state index in [2.05, 4.69) is 5.32 Å². The lowest BCUT2D eigenvalue weighted by molar-refractivity contribution is -0.126. The van der Waals surface area contributed by atoms with Gasteiger partial charge in [-0.15, -0.1) is 0 Å². The number of carbonyl (C=O) groups is 1. The first-order valence-electron chi connectivity index (χ1n) is 5.84. The molecule has 3 N–H and O–H groups in total. The standard InChI is InChI=1S/C11H20N2O2/c1-8-11(10(12)14,6-7-15-8)13-9-4-2-3-5-9/h8-9,13H,2-7H2,1H3,(H2,12,14). The van der Waals surface area contributed by atoms with Gasteiger partial charge in [0.15, 0.2) is 0 Å². The molecule has 0 aromatic rings. The monoisotopic (exact) mass is 212 g/mol. The average molecular weight is 212 g/mol. The number of ether oxygens (including phenoxy) is 1. The van der Waals surface area contributed by atoms with Crippen molar-refractivity contribution in [2.75, 3.05) is 6.61 Å². The number of amides is 1. The predicted molar refractivity (Wildman–Crippen MR) is 57.3 cm³/mol. The van der Waals surface area contributed by atoms with Crippen molar-refractivity contribution in [1.29, 1.82) is 0 Å². The fourth-order valence-electron chi connectivity index (χ4n) is 2.76. The van der Waals surface area contributed by atoms with Crippen LogP contribution in [0.4, 0.5) is 0 Å². The quantitative estimate of drug-likeness (QED) is 0.718. The van der Waals surface area contributed by atoms with E-state index in [4.69, 9.17) is 10.5 Å². The van der Waals surface area contributed by atoms with Gasteiger partial charge in [0.1, 0.15) is 5.54 Å². The number of hydrogen-bond acceptors (Lipinski definition) is 3. The fraction of sp³-hybridized carbons (Fsp3) is 0.909. The minimum atomic E-state index is -0.616. The first-order chi connectivity index (χ1) is 7.15. The minimum absolute atomic E-state index is 0.101. The Morgan fingerprint density at radius 2 is 2.13 bits per heavy atom. The number of nitrogens with one attached hydrogen (secondary N) is 1. The minimum Gasteiger partial charge on any atom is -0.376 e. The number of carbonyl (C=O) groups excluding carboxylic acids is 1. The second kappa shape index (κ2) is 4.10. The zero-order valence-corrected chi connectivity index (χ0v) is 9.29. The molecule has 2 atom stereocenters. The van der Waals surface area contributed by atoms with E-state index in [0.29, 0.717) is 19.1 Å². The topological polar surface area (TPSA) is 64.3 Å². The summed E-state index contributed by atoms with van der Waals surface area (Å²) in [5.74, 6) is -0.264. The number of primary amides is 1. The predicted octanol–water partition coefficient (Wildman–Crippen LogP) is 0.551. The Balaban J connectivity index is 2.08. The highest BCUT2D eigenvalue weighted by molar-refractivity contribution is 5.85. The van der Waals surface area contributed by atoms with Crippen molar-refractivity contribution >= 4 is 5.91 Å². The molecular formula is C11H20N2O2. The number of hydrogen-bond donors (Lipinski definition) is 2. The van der Waals surface area contributed by atoms with E-state index in [1.54, 1.807) is 0 Å². The second-order valence-corrected chi connectivity index (χ2v) is 4.72. The van der Waals surface area contributed by atoms with Gasteiger partial charge in [0.25, 0.3) is 0 Å². The van der Waals surface area contributed by atoms with Crippen LogP contribution in [0.5, 0.6) is 0 Å². The molecule has 2 unspecified atom stereocenters. The summed E-state index contributed by atoms with van der Waals surface area (Å²) >= 11 is 0. The average Bonchev–Trinajstić information content (AvgIpc) is 2.78. The summed E-state index contributed by atoms with van der Waals surface area (Å²) in [7, 11) is 0. The lowest BCUT2D eigenvalue weighted by atomic mass is 9.90. The summed E-state index contributed by atoms with van der Waals surface area (Å²) in [5, 5.41) is 3.44. The van der Waals surface area contributed by atoms with Gasteiger partial charge in [-0.3, -0.25) is 10.1 Å². The molecule has 4 nitrogen and oxygen atoms in total. The van der Waals surface area contributed by atoms with Crippen LogP contribution in [0.25, 0.3) is 0 Å². The molecule has 1 saturated carbocycles. The summed E-state index contributed by atoms with van der Waals surface area (Å²) < 4.78 is 5.48. The first-order valence-corrected chi connectivity index (χ1v) is 5.84. The molecule has 15 heavy (non-hydrogen) atoms. The van der Waals surface area contributed by atoms with E-state index in [1.165, 1.54) is 12.8 Å². The van der Waals surface area contributed by atoms with Gasteiger partial charge < -0.3 is 10.5 Å². The van der Waals surface area contributed by atoms with E-state index in [-0.39, 0.29) is 12.0 Å². The molecule has 86 valence electrons. The van der Waals surface area contributed by atoms with Crippen LogP contribution in [0.2, 0.25) is 0 Å². The van der Waals surface area contributed by atoms with Crippen molar-refractivity contribution < 1.29 is 9.53 Å². The maximum absolute atomic E-state index is 11.6. The molecule has 1 aliphatic heterocycles. The Kier molecular flexibility index (Phi) is 2.98. The zero-order valence-electron chi connectivity index (χ0n) is 9.29. The molecular weight excluding hydrogens is 192 g/mol. The van der Waals surface area contributed by atoms with Crippen molar-refractivity contribution in [3.63, 3.8) is 0 Å². The van der Waals surface area contributed by atoms with Gasteiger partial charge in [-0.2, -0.15) is 0 Å². The molecule has 2 rings (SSSR count). The molecule has 0 aromatic heterocycles. The molecule has 1 amide bonds. The van der Waals surface area contributed by atoms with Crippen LogP contribution in [0.1, 0.15) is 39.0 Å². The highest BCUT2D eigenvalue weighted by Gasteiger charge is 2.47. The molecule has 1 heterocycles. The molecule has 2 fully saturated rings. The van der Waals surface area contributed by atoms with Gasteiger partial charge in [-0.1, -0.05) is 12.8 Å². The Hall–Kier alpha value is -0.610. The molecule has 0 radical (unpaired) electrons. The third-order valence-corrected chi connectivity index (χ3v) is 3.81. The lowest BCUT2D eigenvalue weighted by Crippen LogP contribution is -2.62. The third-order valence-electron chi connectivity index (χ3n) is 3.81. The van der Waals surface area contributed by atoms with E-state index < -0.39 is 5.54 Å². The van der Waals surface area contributed by atoms with Gasteiger partial charge in [-0.25, -0.2) is 0 Å². The normalized spacial score (nSPS) is 37.3. The van der Waals surface area contributed by atoms with Crippen molar-refractivity contribution in [2.24, 2.45) is 5.73 Å². The van der Waals surface area contributed by atoms with Crippen molar-refractivity contribution in [3.8, 4) is 0 Å². The summed E-state index contributed by atoms with van der Waals surface area (Å²) in [6.07, 6.45) is 5.42. The van der Waals surface area contributed by atoms with Gasteiger partial charge in [-0.05, 0) is 19.8 Å². The van der Waals surface area contributed by atoms with Crippen molar-refractivity contribution in [1.82, 2.24) is 5.32 Å². The van der Waals surface area contributed by atoms with E-state index in [1.807, 2.05) is 6.92 Å². The third kappa shape index (κ3) is 1.88. The van der Waals surface area contributed by atoms with Crippen LogP contribution in [-0.2, 0) is 9.53 Å². The maximum Gasteiger partial charge on any atom is 0.240 e. The highest BCUT2D eigenvalue weighted by atomic mass is 16.5. The van der Waals surface area contributed by atoms with Gasteiger partial charge >= 0.3 is 0 Å². The number of nitrogens with two attached hydrogens (primary N) is 1. The number of rotatable bonds is 3. The molecule has 1 aliphatic carbocycles. The van der Waals surface area contributed by atoms with Crippen LogP contribution in [0.15, 0.2) is 0 Å². The van der Waals surface area contributed by atoms with Crippen molar-refractivity contribution in [3.05, 3.63) is 0 Å². The van der Waals surface area contributed by atoms with E-state index in [9.17, 15) is 4.79 Å². The van der Waals surface area contributed by atoms with Gasteiger partial charge in [0, 0.05) is 19.1 Å². The Morgan fingerprint density at radius 3 is 2.60 bits per heavy atom. The second-order valence-electron chi connectivity index (χ2n) is 4.72.